The lowest BCUT2D eigenvalue weighted by atomic mass is 10.3. The Bertz CT molecular complexity index is 869. The third kappa shape index (κ3) is 3.82. The molecule has 0 amide bonds. The van der Waals surface area contributed by atoms with E-state index in [2.05, 4.69) is 54.2 Å². The summed E-state index contributed by atoms with van der Waals surface area (Å²) < 4.78 is 2.58. The summed E-state index contributed by atoms with van der Waals surface area (Å²) in [4.78, 5) is 10.7. The van der Waals surface area contributed by atoms with Crippen molar-refractivity contribution >= 4 is 45.0 Å². The van der Waals surface area contributed by atoms with Crippen LogP contribution in [0.1, 0.15) is 43.1 Å². The number of aromatic amines is 1. The molecule has 0 aliphatic carbocycles. The summed E-state index contributed by atoms with van der Waals surface area (Å²) in [6.45, 7) is 12.3. The molecule has 1 aliphatic heterocycles. The van der Waals surface area contributed by atoms with Crippen LogP contribution >= 0.6 is 22.7 Å². The second-order valence-electron chi connectivity index (χ2n) is 4.79. The molecule has 0 fully saturated rings. The molecule has 0 saturated carbocycles. The predicted molar refractivity (Wildman–Crippen MR) is 106 cm³/mol. The zero-order chi connectivity index (χ0) is 17.0. The van der Waals surface area contributed by atoms with Crippen LogP contribution in [0, 0.1) is 13.8 Å². The molecule has 4 heterocycles. The fraction of sp³-hybridized carbons (Fsp3) is 0.316. The van der Waals surface area contributed by atoms with Crippen LogP contribution in [0.25, 0.3) is 22.4 Å². The molecule has 122 valence electrons. The van der Waals surface area contributed by atoms with Gasteiger partial charge in [0.2, 0.25) is 0 Å². The molecule has 0 spiro atoms. The Morgan fingerprint density at radius 2 is 1.65 bits per heavy atom. The van der Waals surface area contributed by atoms with Gasteiger partial charge in [0.05, 0.1) is 25.8 Å². The zero-order valence-electron chi connectivity index (χ0n) is 14.7. The van der Waals surface area contributed by atoms with Gasteiger partial charge in [0.25, 0.3) is 0 Å². The molecule has 1 aliphatic rings. The molecular formula is C19H24N2S2. The van der Waals surface area contributed by atoms with Gasteiger partial charge in [0.15, 0.2) is 0 Å². The molecule has 0 aromatic carbocycles. The number of hydrogen-bond acceptors (Lipinski definition) is 3. The molecule has 0 unspecified atom stereocenters. The van der Waals surface area contributed by atoms with E-state index in [1.807, 2.05) is 39.0 Å². The predicted octanol–water partition coefficient (Wildman–Crippen LogP) is 5.41. The number of hydrogen-bond donors (Lipinski definition) is 1. The van der Waals surface area contributed by atoms with Gasteiger partial charge in [0.1, 0.15) is 0 Å². The highest BCUT2D eigenvalue weighted by atomic mass is 32.1. The van der Waals surface area contributed by atoms with Crippen molar-refractivity contribution in [2.24, 2.45) is 4.99 Å². The number of H-pyrrole nitrogens is 1. The summed E-state index contributed by atoms with van der Waals surface area (Å²) >= 11 is 3.62. The fourth-order valence-electron chi connectivity index (χ4n) is 2.40. The van der Waals surface area contributed by atoms with Crippen molar-refractivity contribution in [1.29, 1.82) is 0 Å². The lowest BCUT2D eigenvalue weighted by Gasteiger charge is -1.89. The minimum atomic E-state index is 1.03. The molecule has 4 heteroatoms. The Balaban J connectivity index is 0.000000448. The van der Waals surface area contributed by atoms with Crippen molar-refractivity contribution in [2.75, 3.05) is 0 Å². The number of thiophene rings is 2. The van der Waals surface area contributed by atoms with Crippen molar-refractivity contribution in [3.63, 3.8) is 0 Å². The average Bonchev–Trinajstić information content (AvgIpc) is 3.23. The quantitative estimate of drug-likeness (QED) is 0.611. The van der Waals surface area contributed by atoms with Crippen LogP contribution in [0.3, 0.4) is 0 Å². The number of aryl methyl sites for hydroxylation is 2. The maximum Gasteiger partial charge on any atom is 0.0820 e. The van der Waals surface area contributed by atoms with Crippen LogP contribution in [0.15, 0.2) is 28.9 Å². The Hall–Kier alpha value is -1.65. The van der Waals surface area contributed by atoms with Gasteiger partial charge in [-0.1, -0.05) is 27.7 Å². The Morgan fingerprint density at radius 3 is 2.30 bits per heavy atom. The summed E-state index contributed by atoms with van der Waals surface area (Å²) in [7, 11) is 0. The number of aromatic nitrogens is 1. The lowest BCUT2D eigenvalue weighted by Crippen LogP contribution is -2.12. The molecule has 4 rings (SSSR count). The van der Waals surface area contributed by atoms with E-state index in [1.54, 1.807) is 11.3 Å². The fourth-order valence-corrected chi connectivity index (χ4v) is 4.23. The van der Waals surface area contributed by atoms with Gasteiger partial charge in [-0.3, -0.25) is 0 Å². The first kappa shape index (κ1) is 17.7. The normalized spacial score (nSPS) is 13.6. The topological polar surface area (TPSA) is 28.1 Å². The Kier molecular flexibility index (Phi) is 5.97. The maximum atomic E-state index is 4.64. The van der Waals surface area contributed by atoms with Crippen LogP contribution in [-0.4, -0.2) is 4.98 Å². The first-order chi connectivity index (χ1) is 11.2. The number of allylic oxidation sites excluding steroid dienone is 1. The molecule has 3 aromatic rings. The zero-order valence-corrected chi connectivity index (χ0v) is 16.3. The summed E-state index contributed by atoms with van der Waals surface area (Å²) in [5.74, 6) is 0. The number of nitrogens with one attached hydrogen (secondary N) is 1. The third-order valence-corrected chi connectivity index (χ3v) is 5.13. The standard InChI is InChI=1S/C15H12N2S2.2C2H6/c1-8-3-12-14(18-8)6-10(16-12)5-11-7-15-13(17-11)4-9(2)19-15;2*1-2/h3-7,16H,1-2H3;2*1-2H3/b11-5-;;. The molecule has 0 atom stereocenters. The Morgan fingerprint density at radius 1 is 0.957 bits per heavy atom. The van der Waals surface area contributed by atoms with Crippen molar-refractivity contribution in [3.8, 4) is 0 Å². The van der Waals surface area contributed by atoms with Gasteiger partial charge in [-0.25, -0.2) is 4.99 Å². The van der Waals surface area contributed by atoms with Gasteiger partial charge >= 0.3 is 0 Å². The second kappa shape index (κ2) is 7.75. The minimum absolute atomic E-state index is 1.03. The largest absolute Gasteiger partial charge is 0.354 e. The summed E-state index contributed by atoms with van der Waals surface area (Å²) in [5, 5.41) is 1.11. The molecular weight excluding hydrogens is 320 g/mol. The highest BCUT2D eigenvalue weighted by Crippen LogP contribution is 2.26. The second-order valence-corrected chi connectivity index (χ2v) is 7.37. The van der Waals surface area contributed by atoms with Crippen LogP contribution in [0.2, 0.25) is 0 Å². The SMILES string of the molecule is CC.CC.Cc1cc2c(s1)=C/C(=C/c1cc3sc(C)cc3[nH]1)N=2. The molecule has 2 nitrogen and oxygen atoms in total. The number of rotatable bonds is 1. The Labute approximate surface area is 145 Å². The van der Waals surface area contributed by atoms with Gasteiger partial charge < -0.3 is 4.98 Å². The van der Waals surface area contributed by atoms with Gasteiger partial charge in [-0.05, 0) is 44.2 Å². The van der Waals surface area contributed by atoms with Crippen LogP contribution in [0.5, 0.6) is 0 Å². The first-order valence-corrected chi connectivity index (χ1v) is 9.78. The van der Waals surface area contributed by atoms with Crippen molar-refractivity contribution in [2.45, 2.75) is 41.5 Å². The smallest absolute Gasteiger partial charge is 0.0820 e. The monoisotopic (exact) mass is 344 g/mol. The van der Waals surface area contributed by atoms with E-state index in [9.17, 15) is 0 Å². The van der Waals surface area contributed by atoms with Gasteiger partial charge in [0, 0.05) is 15.4 Å². The number of fused-ring (bicyclic) bond motifs is 2. The molecule has 0 saturated heterocycles. The minimum Gasteiger partial charge on any atom is -0.354 e. The van der Waals surface area contributed by atoms with Gasteiger partial charge in [-0.15, -0.1) is 22.7 Å². The third-order valence-electron chi connectivity index (χ3n) is 3.14. The van der Waals surface area contributed by atoms with E-state index in [4.69, 9.17) is 0 Å². The molecule has 3 aromatic heterocycles. The van der Waals surface area contributed by atoms with Crippen molar-refractivity contribution in [1.82, 2.24) is 4.98 Å². The molecule has 1 N–H and O–H groups in total. The van der Waals surface area contributed by atoms with Crippen molar-refractivity contribution in [3.05, 3.63) is 49.2 Å². The highest BCUT2D eigenvalue weighted by Gasteiger charge is 2.06. The highest BCUT2D eigenvalue weighted by molar-refractivity contribution is 7.19. The van der Waals surface area contributed by atoms with Crippen LogP contribution < -0.4 is 9.89 Å². The van der Waals surface area contributed by atoms with E-state index in [0.29, 0.717) is 0 Å². The average molecular weight is 345 g/mol. The molecule has 23 heavy (non-hydrogen) atoms. The lowest BCUT2D eigenvalue weighted by molar-refractivity contribution is 1.34. The molecule has 0 bridgehead atoms. The van der Waals surface area contributed by atoms with Gasteiger partial charge in [-0.2, -0.15) is 0 Å². The van der Waals surface area contributed by atoms with Crippen LogP contribution in [0.4, 0.5) is 0 Å². The number of nitrogens with zero attached hydrogens (tertiary/aromatic N) is 1. The summed E-state index contributed by atoms with van der Waals surface area (Å²) in [6, 6.07) is 6.53. The van der Waals surface area contributed by atoms with Crippen molar-refractivity contribution < 1.29 is 0 Å². The maximum absolute atomic E-state index is 4.64. The van der Waals surface area contributed by atoms with Crippen LogP contribution in [-0.2, 0) is 0 Å². The first-order valence-electron chi connectivity index (χ1n) is 8.15. The van der Waals surface area contributed by atoms with E-state index < -0.39 is 0 Å². The van der Waals surface area contributed by atoms with E-state index in [-0.39, 0.29) is 0 Å². The molecule has 0 radical (unpaired) electrons. The summed E-state index contributed by atoms with van der Waals surface area (Å²) in [5.41, 5.74) is 3.38. The summed E-state index contributed by atoms with van der Waals surface area (Å²) in [6.07, 6.45) is 4.28. The van der Waals surface area contributed by atoms with E-state index in [0.717, 1.165) is 16.7 Å². The van der Waals surface area contributed by atoms with E-state index in [1.165, 1.54) is 24.5 Å². The van der Waals surface area contributed by atoms with E-state index >= 15 is 0 Å².